The molecule has 1 radical (unpaired) electrons. The molecule has 0 unspecified atom stereocenters. The molecule has 0 aliphatic carbocycles. The molecule has 0 spiro atoms. The second kappa shape index (κ2) is 16.0. The Labute approximate surface area is 256 Å². The molecule has 0 aliphatic heterocycles. The minimum atomic E-state index is -0.457. The van der Waals surface area contributed by atoms with Gasteiger partial charge in [0.15, 0.2) is 17.3 Å². The van der Waals surface area contributed by atoms with Crippen molar-refractivity contribution in [2.75, 3.05) is 0 Å². The Morgan fingerprint density at radius 1 is 0.350 bits per heavy atom. The fraction of sp³-hybridized carbons (Fsp3) is 0.727. The van der Waals surface area contributed by atoms with E-state index in [-0.39, 0.29) is 51.7 Å². The van der Waals surface area contributed by atoms with E-state index in [1.54, 1.807) is 0 Å². The number of hydrogen-bond donors (Lipinski definition) is 0. The van der Waals surface area contributed by atoms with Crippen LogP contribution in [0.3, 0.4) is 0 Å². The molecule has 0 rings (SSSR count). The van der Waals surface area contributed by atoms with Crippen molar-refractivity contribution in [3.63, 3.8) is 0 Å². The maximum Gasteiger partial charge on any atom is 3.00 e. The van der Waals surface area contributed by atoms with Gasteiger partial charge in [-0.2, -0.15) is 0 Å². The second-order valence-electron chi connectivity index (χ2n) is 16.1. The van der Waals surface area contributed by atoms with Crippen LogP contribution < -0.4 is 15.3 Å². The largest absolute Gasteiger partial charge is 3.00 e. The molecule has 0 aromatic rings. The predicted octanol–water partition coefficient (Wildman–Crippen LogP) is 5.67. The zero-order valence-corrected chi connectivity index (χ0v) is 29.6. The molecule has 0 aromatic carbocycles. The molecule has 0 N–H and O–H groups in total. The molecular formula is C33H57FeO6. The molecule has 40 heavy (non-hydrogen) atoms. The first-order valence-corrected chi connectivity index (χ1v) is 13.5. The second-order valence-corrected chi connectivity index (χ2v) is 16.1. The van der Waals surface area contributed by atoms with Crippen molar-refractivity contribution in [1.82, 2.24) is 0 Å². The molecule has 7 heteroatoms. The summed E-state index contributed by atoms with van der Waals surface area (Å²) in [4.78, 5) is 34.3. The van der Waals surface area contributed by atoms with Gasteiger partial charge in [0.25, 0.3) is 0 Å². The topological polar surface area (TPSA) is 120 Å². The van der Waals surface area contributed by atoms with Crippen molar-refractivity contribution in [3.05, 3.63) is 35.5 Å². The van der Waals surface area contributed by atoms with E-state index in [4.69, 9.17) is 0 Å². The van der Waals surface area contributed by atoms with Gasteiger partial charge in [-0.1, -0.05) is 125 Å². The van der Waals surface area contributed by atoms with Crippen LogP contribution in [0.25, 0.3) is 0 Å². The molecule has 0 atom stereocenters. The van der Waals surface area contributed by atoms with Crippen molar-refractivity contribution in [2.24, 2.45) is 32.5 Å². The zero-order chi connectivity index (χ0) is 32.6. The SMILES string of the molecule is CC(C)(C)C(=O)/C=C(\[O-])C(C)(C)C.CC(C)(C)C(=O)/C=C(\[O-])C(C)(C)C.CC(C)(C)C(=O)/C=C(\[O-])C(C)(C)C.[Fe+3]. The molecule has 0 amide bonds. The van der Waals surface area contributed by atoms with Crippen LogP contribution in [-0.4, -0.2) is 17.3 Å². The van der Waals surface area contributed by atoms with Gasteiger partial charge in [0.05, 0.1) is 0 Å². The van der Waals surface area contributed by atoms with Gasteiger partial charge >= 0.3 is 17.1 Å². The van der Waals surface area contributed by atoms with Gasteiger partial charge in [0.2, 0.25) is 0 Å². The van der Waals surface area contributed by atoms with Crippen molar-refractivity contribution in [1.29, 1.82) is 0 Å². The maximum absolute atomic E-state index is 11.4. The van der Waals surface area contributed by atoms with Gasteiger partial charge in [-0.3, -0.25) is 14.4 Å². The summed E-state index contributed by atoms with van der Waals surface area (Å²) in [5.74, 6) is -0.625. The molecule has 6 nitrogen and oxygen atoms in total. The van der Waals surface area contributed by atoms with Gasteiger partial charge in [-0.05, 0) is 34.5 Å². The van der Waals surface area contributed by atoms with Crippen LogP contribution in [0.2, 0.25) is 0 Å². The minimum absolute atomic E-state index is 0. The maximum atomic E-state index is 11.4. The van der Waals surface area contributed by atoms with E-state index in [2.05, 4.69) is 0 Å². The standard InChI is InChI=1S/3C11H20O2.Fe/c3*1-10(2,3)8(12)7-9(13)11(4,5)6;/h3*7,12H,1-6H3;/q;;;+3/p-3/b3*8-7-;. The van der Waals surface area contributed by atoms with Crippen LogP contribution in [0.4, 0.5) is 0 Å². The summed E-state index contributed by atoms with van der Waals surface area (Å²) in [6.07, 6.45) is 3.67. The summed E-state index contributed by atoms with van der Waals surface area (Å²) in [7, 11) is 0. The van der Waals surface area contributed by atoms with E-state index in [0.717, 1.165) is 0 Å². The molecular weight excluding hydrogens is 548 g/mol. The first-order chi connectivity index (χ1) is 16.6. The Bertz CT molecular complexity index is 801. The van der Waals surface area contributed by atoms with E-state index in [1.165, 1.54) is 18.2 Å². The fourth-order valence-electron chi connectivity index (χ4n) is 1.66. The quantitative estimate of drug-likeness (QED) is 0.232. The predicted molar refractivity (Wildman–Crippen MR) is 156 cm³/mol. The van der Waals surface area contributed by atoms with E-state index < -0.39 is 32.5 Å². The summed E-state index contributed by atoms with van der Waals surface area (Å²) in [6, 6.07) is 0. The van der Waals surface area contributed by atoms with E-state index >= 15 is 0 Å². The third-order valence-corrected chi connectivity index (χ3v) is 5.22. The summed E-state index contributed by atoms with van der Waals surface area (Å²) in [5, 5.41) is 34.3. The summed E-state index contributed by atoms with van der Waals surface area (Å²) in [6.45, 7) is 32.5. The van der Waals surface area contributed by atoms with E-state index in [9.17, 15) is 29.7 Å². The number of carbonyl (C=O) groups is 3. The Hall–Kier alpha value is -1.85. The van der Waals surface area contributed by atoms with Gasteiger partial charge in [-0.15, -0.1) is 17.3 Å². The number of carbonyl (C=O) groups excluding carboxylic acids is 3. The van der Waals surface area contributed by atoms with Crippen LogP contribution in [0.15, 0.2) is 35.5 Å². The van der Waals surface area contributed by atoms with Crippen molar-refractivity contribution < 1.29 is 46.8 Å². The number of rotatable bonds is 3. The fourth-order valence-corrected chi connectivity index (χ4v) is 1.66. The van der Waals surface area contributed by atoms with Gasteiger partial charge in [-0.25, -0.2) is 0 Å². The first-order valence-electron chi connectivity index (χ1n) is 13.5. The van der Waals surface area contributed by atoms with Gasteiger partial charge in [0.1, 0.15) is 0 Å². The van der Waals surface area contributed by atoms with Gasteiger partial charge in [0, 0.05) is 16.2 Å². The van der Waals surface area contributed by atoms with Crippen molar-refractivity contribution in [2.45, 2.75) is 125 Å². The van der Waals surface area contributed by atoms with Crippen LogP contribution in [-0.2, 0) is 31.5 Å². The number of ketones is 3. The molecule has 0 bridgehead atoms. The van der Waals surface area contributed by atoms with Crippen LogP contribution in [0, 0.1) is 32.5 Å². The molecule has 0 saturated carbocycles. The average molecular weight is 606 g/mol. The Kier molecular flexibility index (Phi) is 18.0. The monoisotopic (exact) mass is 605 g/mol. The van der Waals surface area contributed by atoms with Crippen LogP contribution >= 0.6 is 0 Å². The summed E-state index contributed by atoms with van der Waals surface area (Å²) in [5.41, 5.74) is -2.74. The normalized spacial score (nSPS) is 14.1. The molecule has 0 aliphatic rings. The Morgan fingerprint density at radius 3 is 0.550 bits per heavy atom. The van der Waals surface area contributed by atoms with Crippen molar-refractivity contribution in [3.8, 4) is 0 Å². The Balaban J connectivity index is -0.000000240. The minimum Gasteiger partial charge on any atom is -0.875 e. The first kappa shape index (κ1) is 45.1. The van der Waals surface area contributed by atoms with Gasteiger partial charge < -0.3 is 15.3 Å². The van der Waals surface area contributed by atoms with E-state index in [0.29, 0.717) is 0 Å². The molecule has 0 heterocycles. The number of allylic oxidation sites excluding steroid dienone is 6. The molecule has 233 valence electrons. The van der Waals surface area contributed by atoms with Crippen molar-refractivity contribution >= 4 is 17.3 Å². The average Bonchev–Trinajstić information content (AvgIpc) is 2.64. The number of hydrogen-bond acceptors (Lipinski definition) is 6. The summed E-state index contributed by atoms with van der Waals surface area (Å²) >= 11 is 0. The molecule has 0 aromatic heterocycles. The van der Waals surface area contributed by atoms with Crippen LogP contribution in [0.5, 0.6) is 0 Å². The zero-order valence-electron chi connectivity index (χ0n) is 28.5. The molecule has 0 fully saturated rings. The van der Waals surface area contributed by atoms with E-state index in [1.807, 2.05) is 125 Å². The summed E-state index contributed by atoms with van der Waals surface area (Å²) < 4.78 is 0. The third kappa shape index (κ3) is 21.0. The van der Waals surface area contributed by atoms with Crippen LogP contribution in [0.1, 0.15) is 125 Å². The Morgan fingerprint density at radius 2 is 0.475 bits per heavy atom. The third-order valence-electron chi connectivity index (χ3n) is 5.22. The molecule has 0 saturated heterocycles. The smallest absolute Gasteiger partial charge is 0.875 e.